The molecule has 3 nitrogen and oxygen atoms in total. The maximum absolute atomic E-state index is 7.12. The van der Waals surface area contributed by atoms with Gasteiger partial charge in [0.15, 0.2) is 0 Å². The quantitative estimate of drug-likeness (QED) is 0.434. The third-order valence-corrected chi connectivity index (χ3v) is 1.48. The lowest BCUT2D eigenvalue weighted by Crippen LogP contribution is -2.10. The van der Waals surface area contributed by atoms with Crippen molar-refractivity contribution in [2.75, 3.05) is 12.4 Å². The summed E-state index contributed by atoms with van der Waals surface area (Å²) in [5.41, 5.74) is 7.05. The van der Waals surface area contributed by atoms with E-state index in [9.17, 15) is 0 Å². The summed E-state index contributed by atoms with van der Waals surface area (Å²) < 4.78 is 0. The van der Waals surface area contributed by atoms with Crippen molar-refractivity contribution in [1.29, 1.82) is 5.41 Å². The molecule has 0 unspecified atom stereocenters. The molecule has 0 radical (unpaired) electrons. The van der Waals surface area contributed by atoms with Crippen molar-refractivity contribution in [2.45, 2.75) is 0 Å². The molecule has 0 aliphatic rings. The number of benzene rings is 1. The van der Waals surface area contributed by atoms with E-state index in [1.165, 1.54) is 0 Å². The van der Waals surface area contributed by atoms with Gasteiger partial charge in [-0.1, -0.05) is 0 Å². The second kappa shape index (κ2) is 3.05. The number of hydrogen-bond acceptors (Lipinski definition) is 2. The zero-order chi connectivity index (χ0) is 8.27. The predicted octanol–water partition coefficient (Wildman–Crippen LogP) is 1.01. The van der Waals surface area contributed by atoms with Gasteiger partial charge in [0, 0.05) is 18.3 Å². The van der Waals surface area contributed by atoms with Gasteiger partial charge in [0.05, 0.1) is 0 Å². The fourth-order valence-corrected chi connectivity index (χ4v) is 0.816. The molecule has 0 heterocycles. The first-order valence-corrected chi connectivity index (χ1v) is 3.36. The summed E-state index contributed by atoms with van der Waals surface area (Å²) in [6.07, 6.45) is 0. The van der Waals surface area contributed by atoms with E-state index < -0.39 is 0 Å². The van der Waals surface area contributed by atoms with Gasteiger partial charge in [-0.15, -0.1) is 0 Å². The average Bonchev–Trinajstić information content (AvgIpc) is 2.05. The highest BCUT2D eigenvalue weighted by atomic mass is 14.8. The Morgan fingerprint density at radius 3 is 2.27 bits per heavy atom. The van der Waals surface area contributed by atoms with Crippen LogP contribution in [0, 0.1) is 5.41 Å². The Hall–Kier alpha value is -1.51. The standard InChI is InChI=1S/C8H11N3/c1-11-7-4-2-6(3-5-7)8(9)10/h2-5,11H,1H3,(H3,9,10). The van der Waals surface area contributed by atoms with Crippen molar-refractivity contribution in [3.63, 3.8) is 0 Å². The summed E-state index contributed by atoms with van der Waals surface area (Å²) in [7, 11) is 1.85. The molecule has 0 saturated carbocycles. The summed E-state index contributed by atoms with van der Waals surface area (Å²) in [4.78, 5) is 0. The molecule has 0 spiro atoms. The summed E-state index contributed by atoms with van der Waals surface area (Å²) in [6, 6.07) is 7.40. The SMILES string of the molecule is CNc1ccc(C(=N)N)cc1. The Morgan fingerprint density at radius 1 is 1.36 bits per heavy atom. The van der Waals surface area contributed by atoms with E-state index in [1.807, 2.05) is 31.3 Å². The van der Waals surface area contributed by atoms with Crippen LogP contribution in [0.2, 0.25) is 0 Å². The summed E-state index contributed by atoms with van der Waals surface area (Å²) >= 11 is 0. The van der Waals surface area contributed by atoms with Crippen LogP contribution in [0.15, 0.2) is 24.3 Å². The minimum Gasteiger partial charge on any atom is -0.388 e. The Bertz CT molecular complexity index is 251. The van der Waals surface area contributed by atoms with Crippen molar-refractivity contribution in [3.05, 3.63) is 29.8 Å². The van der Waals surface area contributed by atoms with E-state index in [0.29, 0.717) is 0 Å². The Morgan fingerprint density at radius 2 is 1.91 bits per heavy atom. The summed E-state index contributed by atoms with van der Waals surface area (Å²) in [6.45, 7) is 0. The molecule has 1 aromatic carbocycles. The molecule has 0 fully saturated rings. The highest BCUT2D eigenvalue weighted by molar-refractivity contribution is 5.95. The van der Waals surface area contributed by atoms with E-state index in [0.717, 1.165) is 11.3 Å². The van der Waals surface area contributed by atoms with E-state index in [4.69, 9.17) is 11.1 Å². The molecule has 0 saturated heterocycles. The van der Waals surface area contributed by atoms with Crippen LogP contribution in [0.3, 0.4) is 0 Å². The van der Waals surface area contributed by atoms with Crippen LogP contribution < -0.4 is 11.1 Å². The minimum absolute atomic E-state index is 0.104. The summed E-state index contributed by atoms with van der Waals surface area (Å²) in [5, 5.41) is 10.1. The van der Waals surface area contributed by atoms with E-state index >= 15 is 0 Å². The number of amidine groups is 1. The molecule has 1 rings (SSSR count). The van der Waals surface area contributed by atoms with Gasteiger partial charge in [0.25, 0.3) is 0 Å². The van der Waals surface area contributed by atoms with E-state index in [2.05, 4.69) is 5.32 Å². The van der Waals surface area contributed by atoms with Crippen molar-refractivity contribution in [3.8, 4) is 0 Å². The van der Waals surface area contributed by atoms with Crippen molar-refractivity contribution >= 4 is 11.5 Å². The van der Waals surface area contributed by atoms with Gasteiger partial charge in [0.1, 0.15) is 5.84 Å². The number of nitrogens with one attached hydrogen (secondary N) is 2. The van der Waals surface area contributed by atoms with Crippen LogP contribution in [-0.4, -0.2) is 12.9 Å². The summed E-state index contributed by atoms with van der Waals surface area (Å²) in [5.74, 6) is 0.104. The molecule has 4 N–H and O–H groups in total. The second-order valence-corrected chi connectivity index (χ2v) is 2.24. The molecular formula is C8H11N3. The molecule has 0 aliphatic heterocycles. The lowest BCUT2D eigenvalue weighted by molar-refractivity contribution is 1.42. The number of anilines is 1. The molecule has 1 aromatic rings. The Balaban J connectivity index is 2.91. The number of nitrogen functional groups attached to an aromatic ring is 1. The van der Waals surface area contributed by atoms with Crippen LogP contribution in [-0.2, 0) is 0 Å². The Labute approximate surface area is 65.7 Å². The normalized spacial score (nSPS) is 9.18. The van der Waals surface area contributed by atoms with Gasteiger partial charge >= 0.3 is 0 Å². The second-order valence-electron chi connectivity index (χ2n) is 2.24. The van der Waals surface area contributed by atoms with Crippen molar-refractivity contribution in [1.82, 2.24) is 0 Å². The maximum Gasteiger partial charge on any atom is 0.122 e. The first kappa shape index (κ1) is 7.60. The van der Waals surface area contributed by atoms with E-state index in [-0.39, 0.29) is 5.84 Å². The number of rotatable bonds is 2. The average molecular weight is 149 g/mol. The van der Waals surface area contributed by atoms with Crippen LogP contribution >= 0.6 is 0 Å². The zero-order valence-corrected chi connectivity index (χ0v) is 6.39. The molecule has 0 amide bonds. The van der Waals surface area contributed by atoms with Gasteiger partial charge in [-0.2, -0.15) is 0 Å². The fraction of sp³-hybridized carbons (Fsp3) is 0.125. The van der Waals surface area contributed by atoms with Gasteiger partial charge in [-0.25, -0.2) is 0 Å². The van der Waals surface area contributed by atoms with Crippen molar-refractivity contribution in [2.24, 2.45) is 5.73 Å². The first-order chi connectivity index (χ1) is 5.24. The molecule has 0 aliphatic carbocycles. The Kier molecular flexibility index (Phi) is 2.11. The van der Waals surface area contributed by atoms with Crippen LogP contribution in [0.1, 0.15) is 5.56 Å². The minimum atomic E-state index is 0.104. The van der Waals surface area contributed by atoms with Gasteiger partial charge in [-0.3, -0.25) is 5.41 Å². The monoisotopic (exact) mass is 149 g/mol. The fourth-order valence-electron chi connectivity index (χ4n) is 0.816. The lowest BCUT2D eigenvalue weighted by Gasteiger charge is -2.00. The third kappa shape index (κ3) is 1.70. The van der Waals surface area contributed by atoms with E-state index in [1.54, 1.807) is 0 Å². The lowest BCUT2D eigenvalue weighted by atomic mass is 10.2. The first-order valence-electron chi connectivity index (χ1n) is 3.36. The van der Waals surface area contributed by atoms with Gasteiger partial charge < -0.3 is 11.1 Å². The molecule has 0 atom stereocenters. The smallest absolute Gasteiger partial charge is 0.122 e. The van der Waals surface area contributed by atoms with Gasteiger partial charge in [-0.05, 0) is 24.3 Å². The molecule has 11 heavy (non-hydrogen) atoms. The van der Waals surface area contributed by atoms with Crippen LogP contribution in [0.5, 0.6) is 0 Å². The topological polar surface area (TPSA) is 61.9 Å². The molecule has 0 bridgehead atoms. The number of nitrogens with two attached hydrogens (primary N) is 1. The predicted molar refractivity (Wildman–Crippen MR) is 47.0 cm³/mol. The highest BCUT2D eigenvalue weighted by Crippen LogP contribution is 2.07. The molecular weight excluding hydrogens is 138 g/mol. The molecule has 0 aromatic heterocycles. The maximum atomic E-state index is 7.12. The van der Waals surface area contributed by atoms with Gasteiger partial charge in [0.2, 0.25) is 0 Å². The zero-order valence-electron chi connectivity index (χ0n) is 6.39. The largest absolute Gasteiger partial charge is 0.388 e. The highest BCUT2D eigenvalue weighted by Gasteiger charge is 1.93. The molecule has 58 valence electrons. The third-order valence-electron chi connectivity index (χ3n) is 1.48. The molecule has 3 heteroatoms. The van der Waals surface area contributed by atoms with Crippen molar-refractivity contribution < 1.29 is 0 Å². The van der Waals surface area contributed by atoms with Crippen LogP contribution in [0.4, 0.5) is 5.69 Å². The number of hydrogen-bond donors (Lipinski definition) is 3. The van der Waals surface area contributed by atoms with Crippen LogP contribution in [0.25, 0.3) is 0 Å².